The second kappa shape index (κ2) is 8.83. The van der Waals surface area contributed by atoms with Crippen molar-refractivity contribution in [3.63, 3.8) is 0 Å². The smallest absolute Gasteiger partial charge is 0.414 e. The summed E-state index contributed by atoms with van der Waals surface area (Å²) in [5, 5.41) is 20.1. The van der Waals surface area contributed by atoms with E-state index < -0.39 is 29.0 Å². The van der Waals surface area contributed by atoms with Gasteiger partial charge in [-0.25, -0.2) is 14.2 Å². The van der Waals surface area contributed by atoms with Crippen molar-refractivity contribution in [2.45, 2.75) is 25.7 Å². The number of nitrogens with zero attached hydrogens (tertiary/aromatic N) is 5. The Labute approximate surface area is 197 Å². The molecule has 2 aliphatic heterocycles. The van der Waals surface area contributed by atoms with Crippen molar-refractivity contribution in [3.8, 4) is 23.0 Å². The predicted octanol–water partition coefficient (Wildman–Crippen LogP) is 2.46. The van der Waals surface area contributed by atoms with Gasteiger partial charge in [-0.3, -0.25) is 9.47 Å². The number of fused-ring (bicyclic) bond motifs is 1. The molecule has 1 aromatic carbocycles. The Bertz CT molecular complexity index is 1310. The van der Waals surface area contributed by atoms with Crippen LogP contribution in [0.5, 0.6) is 11.9 Å². The highest BCUT2D eigenvalue weighted by atomic mass is 19.1. The van der Waals surface area contributed by atoms with Crippen molar-refractivity contribution in [3.05, 3.63) is 58.2 Å². The first-order valence-electron chi connectivity index (χ1n) is 10.7. The van der Waals surface area contributed by atoms with Crippen LogP contribution >= 0.6 is 0 Å². The number of rotatable bonds is 6. The highest BCUT2D eigenvalue weighted by molar-refractivity contribution is 5.90. The van der Waals surface area contributed by atoms with E-state index in [1.54, 1.807) is 31.2 Å². The summed E-state index contributed by atoms with van der Waals surface area (Å²) in [6, 6.07) is 7.83. The average Bonchev–Trinajstić information content (AvgIpc) is 3.43. The third-order valence-corrected chi connectivity index (χ3v) is 5.69. The van der Waals surface area contributed by atoms with Crippen LogP contribution in [0, 0.1) is 22.9 Å². The molecular formula is C22H20FN5O7. The molecule has 0 aliphatic carbocycles. The van der Waals surface area contributed by atoms with E-state index in [0.29, 0.717) is 34.9 Å². The number of aliphatic hydroxyl groups excluding tert-OH is 1. The minimum absolute atomic E-state index is 0.138. The largest absolute Gasteiger partial charge is 0.469 e. The van der Waals surface area contributed by atoms with Crippen molar-refractivity contribution in [1.82, 2.24) is 14.5 Å². The van der Waals surface area contributed by atoms with Crippen LogP contribution in [0.4, 0.5) is 20.7 Å². The Balaban J connectivity index is 1.30. The number of ether oxygens (including phenoxy) is 3. The first kappa shape index (κ1) is 22.5. The molecule has 35 heavy (non-hydrogen) atoms. The van der Waals surface area contributed by atoms with Gasteiger partial charge in [-0.2, -0.15) is 0 Å². The number of pyridine rings is 1. The Hall–Kier alpha value is -4.26. The first-order chi connectivity index (χ1) is 16.8. The monoisotopic (exact) mass is 485 g/mol. The van der Waals surface area contributed by atoms with Gasteiger partial charge in [-0.1, -0.05) is 0 Å². The van der Waals surface area contributed by atoms with Gasteiger partial charge in [0.15, 0.2) is 6.10 Å². The molecule has 2 atom stereocenters. The predicted molar refractivity (Wildman–Crippen MR) is 118 cm³/mol. The lowest BCUT2D eigenvalue weighted by molar-refractivity contribution is -0.389. The van der Waals surface area contributed by atoms with Crippen molar-refractivity contribution in [1.29, 1.82) is 0 Å². The Morgan fingerprint density at radius 2 is 2.06 bits per heavy atom. The summed E-state index contributed by atoms with van der Waals surface area (Å²) < 4.78 is 32.8. The SMILES string of the molecule is Cc1nc(OC2COc3nc([N+](=O)[O-])cn3C2)ccc1-c1ccc(N2CC(CO)OC2=O)cc1F. The maximum atomic E-state index is 15.0. The lowest BCUT2D eigenvalue weighted by atomic mass is 10.0. The topological polar surface area (TPSA) is 142 Å². The molecule has 0 spiro atoms. The molecule has 13 heteroatoms. The Morgan fingerprint density at radius 3 is 2.74 bits per heavy atom. The maximum absolute atomic E-state index is 15.0. The molecular weight excluding hydrogens is 465 g/mol. The number of hydrogen-bond acceptors (Lipinski definition) is 9. The minimum atomic E-state index is -0.644. The number of imidazole rings is 1. The van der Waals surface area contributed by atoms with Gasteiger partial charge >= 0.3 is 17.9 Å². The van der Waals surface area contributed by atoms with Crippen LogP contribution in [0.25, 0.3) is 11.1 Å². The van der Waals surface area contributed by atoms with Crippen molar-refractivity contribution in [2.24, 2.45) is 0 Å². The van der Waals surface area contributed by atoms with Crippen molar-refractivity contribution >= 4 is 17.6 Å². The number of amides is 1. The molecule has 1 N–H and O–H groups in total. The van der Waals surface area contributed by atoms with Crippen LogP contribution in [-0.2, 0) is 11.3 Å². The quantitative estimate of drug-likeness (QED) is 0.411. The van der Waals surface area contributed by atoms with E-state index in [1.807, 2.05) is 0 Å². The lowest BCUT2D eigenvalue weighted by Gasteiger charge is -2.23. The van der Waals surface area contributed by atoms with Gasteiger partial charge in [0.2, 0.25) is 5.88 Å². The Kier molecular flexibility index (Phi) is 5.68. The fourth-order valence-electron chi connectivity index (χ4n) is 4.01. The molecule has 182 valence electrons. The van der Waals surface area contributed by atoms with E-state index in [-0.39, 0.29) is 31.6 Å². The fraction of sp³-hybridized carbons (Fsp3) is 0.318. The third kappa shape index (κ3) is 4.33. The first-order valence-corrected chi connectivity index (χ1v) is 10.7. The molecule has 4 heterocycles. The van der Waals surface area contributed by atoms with Gasteiger partial charge in [0.25, 0.3) is 0 Å². The number of aromatic nitrogens is 3. The maximum Gasteiger partial charge on any atom is 0.414 e. The molecule has 1 saturated heterocycles. The van der Waals surface area contributed by atoms with Crippen LogP contribution < -0.4 is 14.4 Å². The zero-order valence-electron chi connectivity index (χ0n) is 18.5. The summed E-state index contributed by atoms with van der Waals surface area (Å²) in [7, 11) is 0. The van der Waals surface area contributed by atoms with Crippen LogP contribution in [0.15, 0.2) is 36.5 Å². The molecule has 1 fully saturated rings. The Morgan fingerprint density at radius 1 is 1.26 bits per heavy atom. The normalized spacial score (nSPS) is 19.2. The van der Waals surface area contributed by atoms with Crippen LogP contribution in [0.3, 0.4) is 0 Å². The van der Waals surface area contributed by atoms with E-state index in [4.69, 9.17) is 14.2 Å². The molecule has 3 aromatic rings. The zero-order chi connectivity index (χ0) is 24.7. The number of nitro groups is 1. The zero-order valence-corrected chi connectivity index (χ0v) is 18.5. The molecule has 2 aliphatic rings. The molecule has 2 unspecified atom stereocenters. The van der Waals surface area contributed by atoms with Crippen LogP contribution in [0.2, 0.25) is 0 Å². The molecule has 0 saturated carbocycles. The van der Waals surface area contributed by atoms with E-state index in [1.165, 1.54) is 21.7 Å². The van der Waals surface area contributed by atoms with E-state index in [2.05, 4.69) is 9.97 Å². The number of aliphatic hydroxyl groups is 1. The van der Waals surface area contributed by atoms with Crippen molar-refractivity contribution in [2.75, 3.05) is 24.7 Å². The number of hydrogen-bond donors (Lipinski definition) is 1. The summed E-state index contributed by atoms with van der Waals surface area (Å²) >= 11 is 0. The molecule has 5 rings (SSSR count). The van der Waals surface area contributed by atoms with Gasteiger partial charge in [0.05, 0.1) is 25.4 Å². The molecule has 2 aromatic heterocycles. The highest BCUT2D eigenvalue weighted by Gasteiger charge is 2.32. The summed E-state index contributed by atoms with van der Waals surface area (Å²) in [5.41, 5.74) is 1.69. The van der Waals surface area contributed by atoms with E-state index in [0.717, 1.165) is 0 Å². The van der Waals surface area contributed by atoms with E-state index >= 15 is 0 Å². The highest BCUT2D eigenvalue weighted by Crippen LogP contribution is 2.32. The summed E-state index contributed by atoms with van der Waals surface area (Å²) in [5.74, 6) is -0.553. The lowest BCUT2D eigenvalue weighted by Crippen LogP contribution is -2.34. The summed E-state index contributed by atoms with van der Waals surface area (Å²) in [6.45, 7) is 1.99. The van der Waals surface area contributed by atoms with Gasteiger partial charge in [-0.05, 0) is 36.1 Å². The number of cyclic esters (lactones) is 1. The molecule has 12 nitrogen and oxygen atoms in total. The van der Waals surface area contributed by atoms with Gasteiger partial charge < -0.3 is 29.4 Å². The number of anilines is 1. The number of benzene rings is 1. The summed E-state index contributed by atoms with van der Waals surface area (Å²) in [6.07, 6.45) is -0.452. The fourth-order valence-corrected chi connectivity index (χ4v) is 4.01. The summed E-state index contributed by atoms with van der Waals surface area (Å²) in [4.78, 5) is 31.8. The van der Waals surface area contributed by atoms with Crippen LogP contribution in [-0.4, -0.2) is 62.6 Å². The third-order valence-electron chi connectivity index (χ3n) is 5.69. The van der Waals surface area contributed by atoms with Crippen molar-refractivity contribution < 1.29 is 33.4 Å². The van der Waals surface area contributed by atoms with Gasteiger partial charge in [-0.15, -0.1) is 0 Å². The molecule has 0 radical (unpaired) electrons. The molecule has 1 amide bonds. The second-order valence-electron chi connectivity index (χ2n) is 8.09. The van der Waals surface area contributed by atoms with Crippen LogP contribution in [0.1, 0.15) is 5.69 Å². The average molecular weight is 485 g/mol. The molecule has 0 bridgehead atoms. The van der Waals surface area contributed by atoms with Gasteiger partial charge in [0, 0.05) is 27.9 Å². The number of aryl methyl sites for hydroxylation is 1. The second-order valence-corrected chi connectivity index (χ2v) is 8.09. The number of carbonyl (C=O) groups is 1. The number of carbonyl (C=O) groups excluding carboxylic acids is 1. The van der Waals surface area contributed by atoms with E-state index in [9.17, 15) is 24.4 Å². The van der Waals surface area contributed by atoms with Gasteiger partial charge in [0.1, 0.15) is 24.7 Å². The minimum Gasteiger partial charge on any atom is -0.469 e. The standard InChI is InChI=1S/C22H20FN5O7/c1-12-16(17-3-2-13(6-18(17)23)27-8-14(10-29)35-22(27)30)4-5-20(24-12)34-15-7-26-9-19(28(31)32)25-21(26)33-11-15/h2-6,9,14-15,29H,7-8,10-11H2,1H3. The number of halogens is 1.